The molecule has 1 aliphatic rings. The number of hydrogen-bond donors (Lipinski definition) is 3. The summed E-state index contributed by atoms with van der Waals surface area (Å²) in [4.78, 5) is 25.6. The van der Waals surface area contributed by atoms with E-state index in [0.717, 1.165) is 10.1 Å². The van der Waals surface area contributed by atoms with Gasteiger partial charge in [0.2, 0.25) is 0 Å². The van der Waals surface area contributed by atoms with Crippen LogP contribution < -0.4 is 11.2 Å². The molecule has 1 aliphatic heterocycles. The van der Waals surface area contributed by atoms with Crippen LogP contribution in [-0.2, 0) is 9.47 Å². The molecule has 8 nitrogen and oxygen atoms in total. The highest BCUT2D eigenvalue weighted by Gasteiger charge is 2.44. The minimum atomic E-state index is -1.33. The van der Waals surface area contributed by atoms with Crippen LogP contribution in [0.2, 0.25) is 0 Å². The van der Waals surface area contributed by atoms with Crippen LogP contribution in [0.15, 0.2) is 21.3 Å². The number of nitrogens with zero attached hydrogens (tertiary/aromatic N) is 1. The summed E-state index contributed by atoms with van der Waals surface area (Å²) in [6.45, 7) is 2.29. The first-order valence-electron chi connectivity index (χ1n) is 6.71. The molecule has 9 heteroatoms. The van der Waals surface area contributed by atoms with Gasteiger partial charge >= 0.3 is 5.69 Å². The van der Waals surface area contributed by atoms with Gasteiger partial charge < -0.3 is 19.7 Å². The van der Waals surface area contributed by atoms with Crippen LogP contribution in [0.4, 0.5) is 0 Å². The van der Waals surface area contributed by atoms with E-state index in [1.54, 1.807) is 6.92 Å². The SMILES string of the molecule is CCOC[C@H]1O[C@@H](n2cc(/C=C/Cl)c(=O)[nH]c2=O)[C@@H](O)[C@@H]1O. The third-order valence-corrected chi connectivity index (χ3v) is 3.46. The first-order chi connectivity index (χ1) is 10.5. The van der Waals surface area contributed by atoms with Gasteiger partial charge in [0, 0.05) is 18.3 Å². The average Bonchev–Trinajstić information content (AvgIpc) is 2.76. The number of rotatable bonds is 5. The lowest BCUT2D eigenvalue weighted by atomic mass is 10.1. The van der Waals surface area contributed by atoms with Gasteiger partial charge in [-0.15, -0.1) is 0 Å². The van der Waals surface area contributed by atoms with Crippen molar-refractivity contribution in [1.29, 1.82) is 0 Å². The molecule has 4 atom stereocenters. The smallest absolute Gasteiger partial charge is 0.330 e. The summed E-state index contributed by atoms with van der Waals surface area (Å²) >= 11 is 5.43. The molecule has 0 bridgehead atoms. The summed E-state index contributed by atoms with van der Waals surface area (Å²) in [5.41, 5.74) is -0.131. The molecular weight excluding hydrogens is 316 g/mol. The minimum absolute atomic E-state index is 0.0811. The van der Waals surface area contributed by atoms with Crippen LogP contribution in [-0.4, -0.2) is 51.3 Å². The predicted octanol–water partition coefficient (Wildman–Crippen LogP) is -0.598. The summed E-state index contributed by atoms with van der Waals surface area (Å²) in [6, 6.07) is 0. The summed E-state index contributed by atoms with van der Waals surface area (Å²) in [7, 11) is 0. The predicted molar refractivity (Wildman–Crippen MR) is 78.6 cm³/mol. The van der Waals surface area contributed by atoms with Crippen LogP contribution in [0.25, 0.3) is 6.08 Å². The monoisotopic (exact) mass is 332 g/mol. The van der Waals surface area contributed by atoms with Gasteiger partial charge in [0.15, 0.2) is 6.23 Å². The topological polar surface area (TPSA) is 114 Å². The molecule has 1 fully saturated rings. The Morgan fingerprint density at radius 3 is 2.82 bits per heavy atom. The number of aliphatic hydroxyl groups excluding tert-OH is 2. The molecular formula is C13H17ClN2O6. The molecule has 22 heavy (non-hydrogen) atoms. The Hall–Kier alpha value is -1.45. The fourth-order valence-electron chi connectivity index (χ4n) is 2.21. The first-order valence-corrected chi connectivity index (χ1v) is 7.14. The molecule has 0 saturated carbocycles. The quantitative estimate of drug-likeness (QED) is 0.663. The van der Waals surface area contributed by atoms with Gasteiger partial charge in [0.25, 0.3) is 5.56 Å². The van der Waals surface area contributed by atoms with Crippen LogP contribution in [0, 0.1) is 0 Å². The van der Waals surface area contributed by atoms with E-state index >= 15 is 0 Å². The summed E-state index contributed by atoms with van der Waals surface area (Å²) in [5, 5.41) is 20.0. The highest BCUT2D eigenvalue weighted by Crippen LogP contribution is 2.28. The van der Waals surface area contributed by atoms with Crippen molar-refractivity contribution in [3.8, 4) is 0 Å². The fraction of sp³-hybridized carbons (Fsp3) is 0.538. The normalized spacial score (nSPS) is 28.5. The number of ether oxygens (including phenoxy) is 2. The maximum atomic E-state index is 11.9. The Balaban J connectivity index is 2.33. The minimum Gasteiger partial charge on any atom is -0.387 e. The standard InChI is InChI=1S/C13H17ClN2O6/c1-2-21-6-8-9(17)10(18)12(22-8)16-5-7(3-4-14)11(19)15-13(16)20/h3-5,8-10,12,17-18H,2,6H2,1H3,(H,15,19,20)/b4-3+/t8-,9-,10+,12-/m1/s1. The number of H-pyrrole nitrogens is 1. The Kier molecular flexibility index (Phi) is 5.54. The van der Waals surface area contributed by atoms with E-state index in [2.05, 4.69) is 4.98 Å². The van der Waals surface area contributed by atoms with Crippen molar-refractivity contribution in [2.45, 2.75) is 31.5 Å². The van der Waals surface area contributed by atoms with Crippen LogP contribution in [0.1, 0.15) is 18.7 Å². The zero-order chi connectivity index (χ0) is 16.3. The second-order valence-corrected chi connectivity index (χ2v) is 5.00. The van der Waals surface area contributed by atoms with Gasteiger partial charge in [-0.05, 0) is 13.0 Å². The highest BCUT2D eigenvalue weighted by molar-refractivity contribution is 6.27. The third kappa shape index (κ3) is 3.31. The van der Waals surface area contributed by atoms with Crippen molar-refractivity contribution in [3.05, 3.63) is 38.1 Å². The van der Waals surface area contributed by atoms with Gasteiger partial charge in [-0.1, -0.05) is 11.6 Å². The zero-order valence-corrected chi connectivity index (χ0v) is 12.6. The van der Waals surface area contributed by atoms with Crippen molar-refractivity contribution in [1.82, 2.24) is 9.55 Å². The average molecular weight is 333 g/mol. The van der Waals surface area contributed by atoms with Crippen molar-refractivity contribution in [2.75, 3.05) is 13.2 Å². The van der Waals surface area contributed by atoms with E-state index in [9.17, 15) is 19.8 Å². The summed E-state index contributed by atoms with van der Waals surface area (Å²) in [5.74, 6) is 0. The molecule has 3 N–H and O–H groups in total. The maximum absolute atomic E-state index is 11.9. The number of hydrogen-bond acceptors (Lipinski definition) is 6. The summed E-state index contributed by atoms with van der Waals surface area (Å²) < 4.78 is 11.7. The molecule has 2 rings (SSSR count). The largest absolute Gasteiger partial charge is 0.387 e. The van der Waals surface area contributed by atoms with E-state index in [-0.39, 0.29) is 12.2 Å². The van der Waals surface area contributed by atoms with Gasteiger partial charge in [-0.25, -0.2) is 4.79 Å². The van der Waals surface area contributed by atoms with Crippen molar-refractivity contribution in [3.63, 3.8) is 0 Å². The Bertz CT molecular complexity index is 655. The molecule has 0 amide bonds. The van der Waals surface area contributed by atoms with Crippen molar-refractivity contribution < 1.29 is 19.7 Å². The van der Waals surface area contributed by atoms with Crippen LogP contribution in [0.3, 0.4) is 0 Å². The zero-order valence-electron chi connectivity index (χ0n) is 11.8. The Labute approximate surface area is 130 Å². The molecule has 122 valence electrons. The molecule has 1 aromatic heterocycles. The molecule has 0 spiro atoms. The van der Waals surface area contributed by atoms with E-state index in [1.807, 2.05) is 0 Å². The lowest BCUT2D eigenvalue weighted by Crippen LogP contribution is -2.38. The van der Waals surface area contributed by atoms with E-state index in [4.69, 9.17) is 21.1 Å². The number of aromatic nitrogens is 2. The number of nitrogens with one attached hydrogen (secondary N) is 1. The number of aliphatic hydroxyl groups is 2. The Morgan fingerprint density at radius 1 is 1.45 bits per heavy atom. The molecule has 0 aromatic carbocycles. The molecule has 0 unspecified atom stereocenters. The van der Waals surface area contributed by atoms with Crippen LogP contribution in [0.5, 0.6) is 0 Å². The highest BCUT2D eigenvalue weighted by atomic mass is 35.5. The number of halogens is 1. The Morgan fingerprint density at radius 2 is 2.18 bits per heavy atom. The van der Waals surface area contributed by atoms with E-state index < -0.39 is 35.8 Å². The number of aromatic amines is 1. The van der Waals surface area contributed by atoms with Crippen molar-refractivity contribution >= 4 is 17.7 Å². The van der Waals surface area contributed by atoms with Gasteiger partial charge in [-0.3, -0.25) is 14.3 Å². The van der Waals surface area contributed by atoms with E-state index in [1.165, 1.54) is 12.3 Å². The lowest BCUT2D eigenvalue weighted by molar-refractivity contribution is -0.0669. The van der Waals surface area contributed by atoms with Gasteiger partial charge in [0.1, 0.15) is 18.3 Å². The van der Waals surface area contributed by atoms with Gasteiger partial charge in [0.05, 0.1) is 12.2 Å². The molecule has 2 heterocycles. The second-order valence-electron chi connectivity index (χ2n) is 4.75. The van der Waals surface area contributed by atoms with Crippen molar-refractivity contribution in [2.24, 2.45) is 0 Å². The maximum Gasteiger partial charge on any atom is 0.330 e. The fourth-order valence-corrected chi connectivity index (χ4v) is 2.34. The van der Waals surface area contributed by atoms with E-state index in [0.29, 0.717) is 6.61 Å². The first kappa shape index (κ1) is 16.9. The molecule has 1 saturated heterocycles. The molecule has 0 radical (unpaired) electrons. The molecule has 1 aromatic rings. The molecule has 0 aliphatic carbocycles. The van der Waals surface area contributed by atoms with Gasteiger partial charge in [-0.2, -0.15) is 0 Å². The lowest BCUT2D eigenvalue weighted by Gasteiger charge is -2.17. The van der Waals surface area contributed by atoms with Crippen LogP contribution >= 0.6 is 11.6 Å². The second kappa shape index (κ2) is 7.21. The third-order valence-electron chi connectivity index (χ3n) is 3.34. The summed E-state index contributed by atoms with van der Waals surface area (Å²) in [6.07, 6.45) is -1.93.